The predicted octanol–water partition coefficient (Wildman–Crippen LogP) is 4.38. The van der Waals surface area contributed by atoms with E-state index in [0.29, 0.717) is 4.73 Å². The molecular weight excluding hydrogens is 658 g/mol. The van der Waals surface area contributed by atoms with Gasteiger partial charge in [-0.3, -0.25) is 0 Å². The van der Waals surface area contributed by atoms with Gasteiger partial charge in [-0.25, -0.2) is 24.0 Å². The van der Waals surface area contributed by atoms with Gasteiger partial charge in [-0.15, -0.1) is 4.73 Å². The van der Waals surface area contributed by atoms with Gasteiger partial charge in [0.2, 0.25) is 11.8 Å². The fourth-order valence-corrected chi connectivity index (χ4v) is 4.06. The molecule has 0 radical (unpaired) electrons. The van der Waals surface area contributed by atoms with Gasteiger partial charge in [0.15, 0.2) is 0 Å². The molecule has 0 bridgehead atoms. The number of amides is 4. The summed E-state index contributed by atoms with van der Waals surface area (Å²) in [7, 11) is 0. The highest BCUT2D eigenvalue weighted by Crippen LogP contribution is 2.21. The lowest BCUT2D eigenvalue weighted by Crippen LogP contribution is -2.48. The lowest BCUT2D eigenvalue weighted by atomic mass is 10.0. The van der Waals surface area contributed by atoms with Crippen LogP contribution in [-0.2, 0) is 23.7 Å². The van der Waals surface area contributed by atoms with Crippen molar-refractivity contribution in [1.29, 1.82) is 0 Å². The first-order chi connectivity index (χ1) is 22.6. The summed E-state index contributed by atoms with van der Waals surface area (Å²) in [6.45, 7) is 19.6. The normalized spacial score (nSPS) is 12.1. The van der Waals surface area contributed by atoms with Crippen molar-refractivity contribution in [3.8, 4) is 11.8 Å². The van der Waals surface area contributed by atoms with Crippen LogP contribution in [0.2, 0.25) is 0 Å². The van der Waals surface area contributed by atoms with Gasteiger partial charge < -0.3 is 54.4 Å². The quantitative estimate of drug-likeness (QED) is 0.210. The minimum atomic E-state index is -0.927. The number of aromatic hydroxyl groups is 2. The number of aromatic nitrogens is 1. The van der Waals surface area contributed by atoms with Gasteiger partial charge >= 0.3 is 30.3 Å². The maximum Gasteiger partial charge on any atom is 0.410 e. The average Bonchev–Trinajstić information content (AvgIpc) is 3.19. The molecule has 0 aliphatic carbocycles. The number of carbonyl (C=O) groups excluding carboxylic acids is 5. The lowest BCUT2D eigenvalue weighted by Gasteiger charge is -2.33. The molecule has 1 heterocycles. The van der Waals surface area contributed by atoms with E-state index in [1.165, 1.54) is 9.80 Å². The SMILES string of the molecule is CC(C)(C)OC(=O)NCCN(CC(CC(=O)On1c(O)ccc1O)CN(CCNC(=O)OC(C)(C)C)C(=O)OC(C)(C)C)C(=O)OC(C)(C)C. The van der Waals surface area contributed by atoms with Crippen LogP contribution in [0, 0.1) is 5.92 Å². The van der Waals surface area contributed by atoms with E-state index in [1.54, 1.807) is 83.1 Å². The zero-order valence-corrected chi connectivity index (χ0v) is 31.5. The second kappa shape index (κ2) is 17.9. The van der Waals surface area contributed by atoms with Gasteiger partial charge in [0.25, 0.3) is 0 Å². The molecule has 4 amide bonds. The summed E-state index contributed by atoms with van der Waals surface area (Å²) < 4.78 is 22.3. The summed E-state index contributed by atoms with van der Waals surface area (Å²) in [4.78, 5) is 72.3. The number of hydrogen-bond donors (Lipinski definition) is 4. The fourth-order valence-electron chi connectivity index (χ4n) is 4.06. The zero-order valence-electron chi connectivity index (χ0n) is 31.5. The van der Waals surface area contributed by atoms with E-state index in [2.05, 4.69) is 10.6 Å². The molecule has 0 spiro atoms. The molecule has 0 saturated carbocycles. The first kappa shape index (κ1) is 43.5. The number of ether oxygens (including phenoxy) is 4. The number of nitrogens with zero attached hydrogens (tertiary/aromatic N) is 3. The minimum Gasteiger partial charge on any atom is -0.492 e. The molecule has 0 fully saturated rings. The van der Waals surface area contributed by atoms with Gasteiger partial charge in [0.1, 0.15) is 22.4 Å². The molecular formula is C33H57N5O12. The van der Waals surface area contributed by atoms with Crippen molar-refractivity contribution in [2.45, 2.75) is 112 Å². The molecule has 0 atom stereocenters. The Labute approximate surface area is 294 Å². The molecule has 0 aliphatic rings. The van der Waals surface area contributed by atoms with Crippen LogP contribution in [0.1, 0.15) is 89.5 Å². The third kappa shape index (κ3) is 18.8. The van der Waals surface area contributed by atoms with Crippen molar-refractivity contribution in [1.82, 2.24) is 25.2 Å². The molecule has 0 aromatic carbocycles. The second-order valence-corrected chi connectivity index (χ2v) is 15.6. The van der Waals surface area contributed by atoms with E-state index in [1.807, 2.05) is 0 Å². The first-order valence-corrected chi connectivity index (χ1v) is 16.3. The Balaban J connectivity index is 3.41. The number of rotatable bonds is 13. The van der Waals surface area contributed by atoms with Crippen LogP contribution in [0.15, 0.2) is 12.1 Å². The standard InChI is InChI=1S/C33H57N5O12/c1-30(2,3)46-26(42)34-15-17-36(28(44)48-32(7,8)9)20-22(19-25(41)50-38-23(39)13-14-24(38)40)21-37(29(45)49-33(10,11)12)18-16-35-27(43)47-31(4,5)6/h13-14,22,39-40H,15-21H2,1-12H3,(H,34,42)(H,35,43). The Kier molecular flexibility index (Phi) is 15.6. The predicted molar refractivity (Wildman–Crippen MR) is 182 cm³/mol. The lowest BCUT2D eigenvalue weighted by molar-refractivity contribution is -0.147. The Morgan fingerprint density at radius 3 is 1.30 bits per heavy atom. The van der Waals surface area contributed by atoms with E-state index in [-0.39, 0.29) is 39.3 Å². The molecule has 1 rings (SSSR count). The summed E-state index contributed by atoms with van der Waals surface area (Å²) in [6.07, 6.45) is -3.38. The molecule has 4 N–H and O–H groups in total. The Bertz CT molecular complexity index is 1210. The van der Waals surface area contributed by atoms with Crippen LogP contribution in [0.4, 0.5) is 19.2 Å². The van der Waals surface area contributed by atoms with Crippen LogP contribution in [-0.4, -0.2) is 117 Å². The number of nitrogens with one attached hydrogen (secondary N) is 2. The summed E-state index contributed by atoms with van der Waals surface area (Å²) in [5.74, 6) is -2.88. The zero-order chi connectivity index (χ0) is 38.7. The first-order valence-electron chi connectivity index (χ1n) is 16.3. The van der Waals surface area contributed by atoms with Crippen molar-refractivity contribution >= 4 is 30.3 Å². The monoisotopic (exact) mass is 715 g/mol. The van der Waals surface area contributed by atoms with Crippen LogP contribution in [0.25, 0.3) is 0 Å². The molecule has 0 aliphatic heterocycles. The van der Waals surface area contributed by atoms with Gasteiger partial charge in [-0.1, -0.05) is 0 Å². The Hall–Kier alpha value is -4.57. The van der Waals surface area contributed by atoms with Crippen LogP contribution in [0.3, 0.4) is 0 Å². The maximum absolute atomic E-state index is 13.4. The van der Waals surface area contributed by atoms with E-state index < -0.39 is 76.8 Å². The minimum absolute atomic E-state index is 0.0496. The highest BCUT2D eigenvalue weighted by molar-refractivity contribution is 5.72. The number of carbonyl (C=O) groups is 5. The molecule has 286 valence electrons. The van der Waals surface area contributed by atoms with E-state index in [9.17, 15) is 34.2 Å². The highest BCUT2D eigenvalue weighted by Gasteiger charge is 2.31. The number of hydrogen-bond acceptors (Lipinski definition) is 12. The summed E-state index contributed by atoms with van der Waals surface area (Å²) in [5.41, 5.74) is -3.32. The van der Waals surface area contributed by atoms with Gasteiger partial charge in [0.05, 0.1) is 6.42 Å². The molecule has 50 heavy (non-hydrogen) atoms. The molecule has 1 aromatic rings. The van der Waals surface area contributed by atoms with Crippen LogP contribution >= 0.6 is 0 Å². The van der Waals surface area contributed by atoms with Gasteiger partial charge in [-0.05, 0) is 83.1 Å². The van der Waals surface area contributed by atoms with Gasteiger partial charge in [0, 0.05) is 57.3 Å². The van der Waals surface area contributed by atoms with Crippen LogP contribution < -0.4 is 15.5 Å². The van der Waals surface area contributed by atoms with E-state index in [4.69, 9.17) is 23.8 Å². The summed E-state index contributed by atoms with van der Waals surface area (Å²) >= 11 is 0. The second-order valence-electron chi connectivity index (χ2n) is 15.6. The largest absolute Gasteiger partial charge is 0.492 e. The highest BCUT2D eigenvalue weighted by atomic mass is 16.7. The maximum atomic E-state index is 13.4. The number of alkyl carbamates (subject to hydrolysis) is 2. The summed E-state index contributed by atoms with van der Waals surface area (Å²) in [5, 5.41) is 25.1. The molecule has 0 unspecified atom stereocenters. The molecule has 17 nitrogen and oxygen atoms in total. The molecule has 17 heteroatoms. The topological polar surface area (TPSA) is 207 Å². The Morgan fingerprint density at radius 1 is 0.640 bits per heavy atom. The summed E-state index contributed by atoms with van der Waals surface area (Å²) in [6, 6.07) is 2.23. The third-order valence-corrected chi connectivity index (χ3v) is 5.81. The van der Waals surface area contributed by atoms with Crippen molar-refractivity contribution < 1.29 is 58.0 Å². The Morgan fingerprint density at radius 2 is 0.980 bits per heavy atom. The van der Waals surface area contributed by atoms with Crippen molar-refractivity contribution in [3.05, 3.63) is 12.1 Å². The van der Waals surface area contributed by atoms with Crippen LogP contribution in [0.5, 0.6) is 11.8 Å². The average molecular weight is 716 g/mol. The fraction of sp³-hybridized carbons (Fsp3) is 0.727. The van der Waals surface area contributed by atoms with E-state index >= 15 is 0 Å². The van der Waals surface area contributed by atoms with E-state index in [0.717, 1.165) is 12.1 Å². The van der Waals surface area contributed by atoms with Crippen molar-refractivity contribution in [2.75, 3.05) is 39.3 Å². The molecule has 0 saturated heterocycles. The van der Waals surface area contributed by atoms with Gasteiger partial charge in [-0.2, -0.15) is 0 Å². The van der Waals surface area contributed by atoms with Crippen molar-refractivity contribution in [2.24, 2.45) is 5.92 Å². The molecule has 1 aromatic heterocycles. The third-order valence-electron chi connectivity index (χ3n) is 5.81. The van der Waals surface area contributed by atoms with Crippen molar-refractivity contribution in [3.63, 3.8) is 0 Å². The smallest absolute Gasteiger partial charge is 0.410 e.